The van der Waals surface area contributed by atoms with Gasteiger partial charge in [-0.3, -0.25) is 0 Å². The molecule has 2 unspecified atom stereocenters. The summed E-state index contributed by atoms with van der Waals surface area (Å²) in [7, 11) is 0. The number of benzene rings is 1. The van der Waals surface area contributed by atoms with E-state index < -0.39 is 0 Å². The molecule has 0 radical (unpaired) electrons. The summed E-state index contributed by atoms with van der Waals surface area (Å²) in [4.78, 5) is 11.9. The van der Waals surface area contributed by atoms with Gasteiger partial charge in [0.1, 0.15) is 6.10 Å². The standard InChI is InChI=1S/C13H16ClNO2/c1-9(12-7-4-8-15-12)17-13(16)10-5-2-3-6-11(10)14/h2-3,5-6,9,12,15H,4,7-8H2,1H3. The Balaban J connectivity index is 1.99. The Morgan fingerprint density at radius 3 is 2.94 bits per heavy atom. The molecule has 1 N–H and O–H groups in total. The summed E-state index contributed by atoms with van der Waals surface area (Å²) in [6.45, 7) is 2.91. The molecular formula is C13H16ClNO2. The van der Waals surface area contributed by atoms with Crippen LogP contribution < -0.4 is 5.32 Å². The fourth-order valence-electron chi connectivity index (χ4n) is 2.05. The van der Waals surface area contributed by atoms with Gasteiger partial charge in [0.25, 0.3) is 0 Å². The van der Waals surface area contributed by atoms with E-state index in [9.17, 15) is 4.79 Å². The van der Waals surface area contributed by atoms with Gasteiger partial charge in [0, 0.05) is 6.04 Å². The predicted octanol–water partition coefficient (Wildman–Crippen LogP) is 2.64. The van der Waals surface area contributed by atoms with Gasteiger partial charge in [-0.25, -0.2) is 4.79 Å². The molecule has 1 aromatic rings. The van der Waals surface area contributed by atoms with Crippen LogP contribution in [0.2, 0.25) is 5.02 Å². The molecule has 1 heterocycles. The Morgan fingerprint density at radius 1 is 1.53 bits per heavy atom. The molecule has 0 saturated carbocycles. The van der Waals surface area contributed by atoms with E-state index in [1.54, 1.807) is 24.3 Å². The Hall–Kier alpha value is -1.06. The van der Waals surface area contributed by atoms with Crippen LogP contribution in [0.3, 0.4) is 0 Å². The number of ether oxygens (including phenoxy) is 1. The first-order valence-corrected chi connectivity index (χ1v) is 6.25. The van der Waals surface area contributed by atoms with E-state index in [1.165, 1.54) is 0 Å². The highest BCUT2D eigenvalue weighted by molar-refractivity contribution is 6.33. The molecule has 0 amide bonds. The Kier molecular flexibility index (Phi) is 4.02. The second-order valence-corrected chi connectivity index (χ2v) is 4.70. The van der Waals surface area contributed by atoms with Crippen molar-refractivity contribution in [3.8, 4) is 0 Å². The van der Waals surface area contributed by atoms with E-state index in [-0.39, 0.29) is 18.1 Å². The quantitative estimate of drug-likeness (QED) is 0.842. The first-order chi connectivity index (χ1) is 8.18. The van der Waals surface area contributed by atoms with Crippen molar-refractivity contribution < 1.29 is 9.53 Å². The van der Waals surface area contributed by atoms with Crippen LogP contribution in [0.5, 0.6) is 0 Å². The maximum absolute atomic E-state index is 11.9. The van der Waals surface area contributed by atoms with Crippen molar-refractivity contribution in [2.24, 2.45) is 0 Å². The van der Waals surface area contributed by atoms with Crippen molar-refractivity contribution in [3.63, 3.8) is 0 Å². The third kappa shape index (κ3) is 2.99. The molecule has 4 heteroatoms. The summed E-state index contributed by atoms with van der Waals surface area (Å²) in [5, 5.41) is 3.75. The van der Waals surface area contributed by atoms with Gasteiger partial charge < -0.3 is 10.1 Å². The van der Waals surface area contributed by atoms with E-state index in [4.69, 9.17) is 16.3 Å². The zero-order chi connectivity index (χ0) is 12.3. The Morgan fingerprint density at radius 2 is 2.29 bits per heavy atom. The summed E-state index contributed by atoms with van der Waals surface area (Å²) in [6.07, 6.45) is 2.07. The second kappa shape index (κ2) is 5.52. The maximum atomic E-state index is 11.9. The summed E-state index contributed by atoms with van der Waals surface area (Å²) >= 11 is 5.95. The average molecular weight is 254 g/mol. The number of rotatable bonds is 3. The molecule has 0 aliphatic carbocycles. The molecule has 92 valence electrons. The van der Waals surface area contributed by atoms with Crippen molar-refractivity contribution in [2.75, 3.05) is 6.54 Å². The number of halogens is 1. The molecule has 0 aromatic heterocycles. The molecule has 17 heavy (non-hydrogen) atoms. The zero-order valence-corrected chi connectivity index (χ0v) is 10.5. The Labute approximate surface area is 106 Å². The highest BCUT2D eigenvalue weighted by atomic mass is 35.5. The molecule has 0 bridgehead atoms. The summed E-state index contributed by atoms with van der Waals surface area (Å²) in [5.41, 5.74) is 0.430. The molecule has 1 aliphatic rings. The van der Waals surface area contributed by atoms with Crippen LogP contribution in [-0.2, 0) is 4.74 Å². The van der Waals surface area contributed by atoms with Gasteiger partial charge in [0.2, 0.25) is 0 Å². The minimum absolute atomic E-state index is 0.124. The number of carbonyl (C=O) groups is 1. The van der Waals surface area contributed by atoms with Gasteiger partial charge in [0.15, 0.2) is 0 Å². The largest absolute Gasteiger partial charge is 0.457 e. The van der Waals surface area contributed by atoms with Crippen molar-refractivity contribution in [2.45, 2.75) is 31.9 Å². The van der Waals surface area contributed by atoms with E-state index >= 15 is 0 Å². The number of carbonyl (C=O) groups excluding carboxylic acids is 1. The Bertz CT molecular complexity index is 402. The van der Waals surface area contributed by atoms with Crippen molar-refractivity contribution >= 4 is 17.6 Å². The molecule has 2 atom stereocenters. The topological polar surface area (TPSA) is 38.3 Å². The van der Waals surface area contributed by atoms with E-state index in [1.807, 2.05) is 6.92 Å². The van der Waals surface area contributed by atoms with Gasteiger partial charge >= 0.3 is 5.97 Å². The van der Waals surface area contributed by atoms with Crippen LogP contribution in [0.4, 0.5) is 0 Å². The number of hydrogen-bond donors (Lipinski definition) is 1. The normalized spacial score (nSPS) is 21.2. The predicted molar refractivity (Wildman–Crippen MR) is 67.4 cm³/mol. The fourth-order valence-corrected chi connectivity index (χ4v) is 2.27. The first kappa shape index (κ1) is 12.4. The molecule has 1 saturated heterocycles. The van der Waals surface area contributed by atoms with Gasteiger partial charge in [-0.2, -0.15) is 0 Å². The van der Waals surface area contributed by atoms with E-state index in [0.29, 0.717) is 10.6 Å². The number of hydrogen-bond acceptors (Lipinski definition) is 3. The van der Waals surface area contributed by atoms with Gasteiger partial charge in [-0.15, -0.1) is 0 Å². The molecule has 1 aromatic carbocycles. The second-order valence-electron chi connectivity index (χ2n) is 4.29. The lowest BCUT2D eigenvalue weighted by molar-refractivity contribution is 0.0269. The number of nitrogens with one attached hydrogen (secondary N) is 1. The SMILES string of the molecule is CC(OC(=O)c1ccccc1Cl)C1CCCN1. The van der Waals surface area contributed by atoms with Gasteiger partial charge in [-0.1, -0.05) is 23.7 Å². The lowest BCUT2D eigenvalue weighted by Crippen LogP contribution is -2.36. The summed E-state index contributed by atoms with van der Waals surface area (Å²) < 4.78 is 5.42. The highest BCUT2D eigenvalue weighted by Gasteiger charge is 2.24. The lowest BCUT2D eigenvalue weighted by Gasteiger charge is -2.20. The van der Waals surface area contributed by atoms with Crippen molar-refractivity contribution in [1.82, 2.24) is 5.32 Å². The van der Waals surface area contributed by atoms with Crippen LogP contribution in [0.1, 0.15) is 30.1 Å². The third-order valence-electron chi connectivity index (χ3n) is 3.05. The van der Waals surface area contributed by atoms with Gasteiger partial charge in [0.05, 0.1) is 10.6 Å². The van der Waals surface area contributed by atoms with Gasteiger partial charge in [-0.05, 0) is 38.4 Å². The smallest absolute Gasteiger partial charge is 0.339 e. The zero-order valence-electron chi connectivity index (χ0n) is 9.78. The molecule has 2 rings (SSSR count). The van der Waals surface area contributed by atoms with E-state index in [0.717, 1.165) is 19.4 Å². The molecule has 1 fully saturated rings. The monoisotopic (exact) mass is 253 g/mol. The molecule has 1 aliphatic heterocycles. The van der Waals surface area contributed by atoms with Crippen molar-refractivity contribution in [3.05, 3.63) is 34.9 Å². The molecular weight excluding hydrogens is 238 g/mol. The molecule has 3 nitrogen and oxygen atoms in total. The highest BCUT2D eigenvalue weighted by Crippen LogP contribution is 2.18. The summed E-state index contributed by atoms with van der Waals surface area (Å²) in [5.74, 6) is -0.350. The summed E-state index contributed by atoms with van der Waals surface area (Å²) in [6, 6.07) is 7.21. The lowest BCUT2D eigenvalue weighted by atomic mass is 10.1. The minimum Gasteiger partial charge on any atom is -0.457 e. The van der Waals surface area contributed by atoms with Crippen LogP contribution in [-0.4, -0.2) is 24.7 Å². The number of esters is 1. The first-order valence-electron chi connectivity index (χ1n) is 5.87. The van der Waals surface area contributed by atoms with Crippen LogP contribution >= 0.6 is 11.6 Å². The fraction of sp³-hybridized carbons (Fsp3) is 0.462. The van der Waals surface area contributed by atoms with Crippen LogP contribution in [0.25, 0.3) is 0 Å². The maximum Gasteiger partial charge on any atom is 0.339 e. The van der Waals surface area contributed by atoms with Crippen LogP contribution in [0.15, 0.2) is 24.3 Å². The average Bonchev–Trinajstić information content (AvgIpc) is 2.82. The van der Waals surface area contributed by atoms with Crippen LogP contribution in [0, 0.1) is 0 Å². The third-order valence-corrected chi connectivity index (χ3v) is 3.38. The minimum atomic E-state index is -0.350. The molecule has 0 spiro atoms. The van der Waals surface area contributed by atoms with E-state index in [2.05, 4.69) is 5.32 Å². The van der Waals surface area contributed by atoms with Crippen molar-refractivity contribution in [1.29, 1.82) is 0 Å².